The van der Waals surface area contributed by atoms with E-state index in [2.05, 4.69) is 21.2 Å². The molecule has 0 heterocycles. The second-order valence-electron chi connectivity index (χ2n) is 4.51. The smallest absolute Gasteiger partial charge is 0.303 e. The molecule has 1 atom stereocenters. The summed E-state index contributed by atoms with van der Waals surface area (Å²) >= 11 is 3.32. The molecule has 2 N–H and O–H groups in total. The Bertz CT molecular complexity index is 490. The molecule has 0 aliphatic rings. The number of ether oxygens (including phenoxy) is 1. The molecule has 0 aliphatic heterocycles. The summed E-state index contributed by atoms with van der Waals surface area (Å²) in [5.41, 5.74) is 0.459. The summed E-state index contributed by atoms with van der Waals surface area (Å²) in [5.74, 6) is -0.551. The third-order valence-electron chi connectivity index (χ3n) is 2.81. The molecule has 1 amide bonds. The van der Waals surface area contributed by atoms with Gasteiger partial charge in [0.25, 0.3) is 5.91 Å². The second-order valence-corrected chi connectivity index (χ2v) is 5.42. The highest BCUT2D eigenvalue weighted by molar-refractivity contribution is 9.10. The van der Waals surface area contributed by atoms with E-state index in [1.165, 1.54) is 7.11 Å². The molecule has 110 valence electrons. The Morgan fingerprint density at radius 3 is 2.75 bits per heavy atom. The topological polar surface area (TPSA) is 75.6 Å². The molecule has 0 aromatic heterocycles. The lowest BCUT2D eigenvalue weighted by atomic mass is 10.1. The molecular formula is C14H18BrNO4. The summed E-state index contributed by atoms with van der Waals surface area (Å²) < 4.78 is 6.01. The molecule has 20 heavy (non-hydrogen) atoms. The Balaban J connectivity index is 2.60. The predicted molar refractivity (Wildman–Crippen MR) is 79.1 cm³/mol. The second kappa shape index (κ2) is 7.89. The number of benzene rings is 1. The Hall–Kier alpha value is -1.56. The third kappa shape index (κ3) is 5.21. The van der Waals surface area contributed by atoms with Gasteiger partial charge in [0.05, 0.1) is 12.7 Å². The summed E-state index contributed by atoms with van der Waals surface area (Å²) in [7, 11) is 1.51. The summed E-state index contributed by atoms with van der Waals surface area (Å²) in [5, 5.41) is 11.4. The first-order valence-corrected chi connectivity index (χ1v) is 7.09. The van der Waals surface area contributed by atoms with Crippen molar-refractivity contribution in [3.05, 3.63) is 28.2 Å². The van der Waals surface area contributed by atoms with Crippen LogP contribution in [0.15, 0.2) is 22.7 Å². The van der Waals surface area contributed by atoms with Gasteiger partial charge in [0.15, 0.2) is 0 Å². The van der Waals surface area contributed by atoms with Gasteiger partial charge in [-0.05, 0) is 38.0 Å². The molecule has 1 rings (SSSR count). The van der Waals surface area contributed by atoms with Crippen LogP contribution in [0.1, 0.15) is 36.5 Å². The number of methoxy groups -OCH3 is 1. The zero-order valence-electron chi connectivity index (χ0n) is 11.5. The Kier molecular flexibility index (Phi) is 6.51. The van der Waals surface area contributed by atoms with Crippen LogP contribution in [-0.4, -0.2) is 30.1 Å². The van der Waals surface area contributed by atoms with Gasteiger partial charge in [0.1, 0.15) is 5.75 Å². The van der Waals surface area contributed by atoms with Gasteiger partial charge in [-0.15, -0.1) is 0 Å². The predicted octanol–water partition coefficient (Wildman–Crippen LogP) is 2.83. The van der Waals surface area contributed by atoms with E-state index in [0.717, 1.165) is 4.47 Å². The lowest BCUT2D eigenvalue weighted by Crippen LogP contribution is -2.32. The van der Waals surface area contributed by atoms with E-state index in [-0.39, 0.29) is 18.4 Å². The molecular weight excluding hydrogens is 326 g/mol. The van der Waals surface area contributed by atoms with Crippen LogP contribution in [-0.2, 0) is 4.79 Å². The maximum absolute atomic E-state index is 12.1. The number of hydrogen-bond acceptors (Lipinski definition) is 3. The zero-order valence-corrected chi connectivity index (χ0v) is 13.1. The normalized spacial score (nSPS) is 11.8. The van der Waals surface area contributed by atoms with Gasteiger partial charge in [-0.3, -0.25) is 9.59 Å². The van der Waals surface area contributed by atoms with Crippen LogP contribution < -0.4 is 10.1 Å². The maximum Gasteiger partial charge on any atom is 0.303 e. The maximum atomic E-state index is 12.1. The van der Waals surface area contributed by atoms with Crippen LogP contribution >= 0.6 is 15.9 Å². The number of aliphatic carboxylic acids is 1. The molecule has 1 aromatic carbocycles. The average molecular weight is 344 g/mol. The zero-order chi connectivity index (χ0) is 15.1. The fraction of sp³-hybridized carbons (Fsp3) is 0.429. The molecule has 6 heteroatoms. The fourth-order valence-corrected chi connectivity index (χ4v) is 2.13. The van der Waals surface area contributed by atoms with Crippen LogP contribution in [0.3, 0.4) is 0 Å². The standard InChI is InChI=1S/C14H18BrNO4/c1-9(4-3-5-13(17)18)16-14(19)11-7-6-10(15)8-12(11)20-2/h6-9H,3-5H2,1-2H3,(H,16,19)(H,17,18). The van der Waals surface area contributed by atoms with Crippen LogP contribution in [0.4, 0.5) is 0 Å². The van der Waals surface area contributed by atoms with Crippen LogP contribution in [0.2, 0.25) is 0 Å². The summed E-state index contributed by atoms with van der Waals surface area (Å²) in [4.78, 5) is 22.6. The van der Waals surface area contributed by atoms with E-state index in [1.54, 1.807) is 18.2 Å². The van der Waals surface area contributed by atoms with Crippen molar-refractivity contribution in [1.82, 2.24) is 5.32 Å². The molecule has 0 fully saturated rings. The number of carboxylic acids is 1. The van der Waals surface area contributed by atoms with Crippen molar-refractivity contribution >= 4 is 27.8 Å². The first-order chi connectivity index (χ1) is 9.43. The Labute approximate surface area is 126 Å². The number of hydrogen-bond donors (Lipinski definition) is 2. The van der Waals surface area contributed by atoms with Gasteiger partial charge in [-0.2, -0.15) is 0 Å². The van der Waals surface area contributed by atoms with E-state index in [9.17, 15) is 9.59 Å². The van der Waals surface area contributed by atoms with Gasteiger partial charge in [-0.25, -0.2) is 0 Å². The minimum absolute atomic E-state index is 0.0878. The molecule has 1 unspecified atom stereocenters. The number of rotatable bonds is 7. The minimum Gasteiger partial charge on any atom is -0.496 e. The summed E-state index contributed by atoms with van der Waals surface area (Å²) in [6, 6.07) is 5.09. The van der Waals surface area contributed by atoms with Crippen molar-refractivity contribution in [2.24, 2.45) is 0 Å². The van der Waals surface area contributed by atoms with Crippen molar-refractivity contribution in [2.45, 2.75) is 32.2 Å². The Morgan fingerprint density at radius 2 is 2.15 bits per heavy atom. The number of nitrogens with one attached hydrogen (secondary N) is 1. The molecule has 0 saturated heterocycles. The molecule has 5 nitrogen and oxygen atoms in total. The fourth-order valence-electron chi connectivity index (χ4n) is 1.79. The summed E-state index contributed by atoms with van der Waals surface area (Å²) in [6.07, 6.45) is 1.27. The molecule has 0 spiro atoms. The van der Waals surface area contributed by atoms with Crippen LogP contribution in [0, 0.1) is 0 Å². The van der Waals surface area contributed by atoms with E-state index in [1.807, 2.05) is 6.92 Å². The number of halogens is 1. The number of carboxylic acid groups (broad SMARTS) is 1. The van der Waals surface area contributed by atoms with Crippen molar-refractivity contribution in [1.29, 1.82) is 0 Å². The van der Waals surface area contributed by atoms with Crippen molar-refractivity contribution in [3.63, 3.8) is 0 Å². The van der Waals surface area contributed by atoms with Gasteiger partial charge in [0, 0.05) is 16.9 Å². The van der Waals surface area contributed by atoms with Crippen molar-refractivity contribution < 1.29 is 19.4 Å². The highest BCUT2D eigenvalue weighted by Gasteiger charge is 2.15. The van der Waals surface area contributed by atoms with E-state index < -0.39 is 5.97 Å². The quantitative estimate of drug-likeness (QED) is 0.798. The van der Waals surface area contributed by atoms with Gasteiger partial charge >= 0.3 is 5.97 Å². The molecule has 0 aliphatic carbocycles. The van der Waals surface area contributed by atoms with Gasteiger partial charge in [-0.1, -0.05) is 15.9 Å². The van der Waals surface area contributed by atoms with Crippen molar-refractivity contribution in [3.8, 4) is 5.75 Å². The largest absolute Gasteiger partial charge is 0.496 e. The highest BCUT2D eigenvalue weighted by atomic mass is 79.9. The number of carbonyl (C=O) groups excluding carboxylic acids is 1. The SMILES string of the molecule is COc1cc(Br)ccc1C(=O)NC(C)CCCC(=O)O. The third-order valence-corrected chi connectivity index (χ3v) is 3.31. The minimum atomic E-state index is -0.821. The molecule has 0 saturated carbocycles. The molecule has 0 bridgehead atoms. The number of carbonyl (C=O) groups is 2. The monoisotopic (exact) mass is 343 g/mol. The van der Waals surface area contributed by atoms with E-state index in [0.29, 0.717) is 24.2 Å². The lowest BCUT2D eigenvalue weighted by molar-refractivity contribution is -0.137. The van der Waals surface area contributed by atoms with Crippen LogP contribution in [0.5, 0.6) is 5.75 Å². The van der Waals surface area contributed by atoms with Crippen molar-refractivity contribution in [2.75, 3.05) is 7.11 Å². The molecule has 0 radical (unpaired) electrons. The first kappa shape index (κ1) is 16.5. The lowest BCUT2D eigenvalue weighted by Gasteiger charge is -2.15. The highest BCUT2D eigenvalue weighted by Crippen LogP contribution is 2.23. The first-order valence-electron chi connectivity index (χ1n) is 6.30. The van der Waals surface area contributed by atoms with E-state index in [4.69, 9.17) is 9.84 Å². The van der Waals surface area contributed by atoms with Crippen LogP contribution in [0.25, 0.3) is 0 Å². The number of amides is 1. The molecule has 1 aromatic rings. The average Bonchev–Trinajstić information content (AvgIpc) is 2.37. The van der Waals surface area contributed by atoms with Gasteiger partial charge < -0.3 is 15.2 Å². The van der Waals surface area contributed by atoms with Gasteiger partial charge in [0.2, 0.25) is 0 Å². The Morgan fingerprint density at radius 1 is 1.45 bits per heavy atom. The van der Waals surface area contributed by atoms with E-state index >= 15 is 0 Å². The summed E-state index contributed by atoms with van der Waals surface area (Å²) in [6.45, 7) is 1.85.